The molecule has 1 aliphatic rings. The zero-order chi connectivity index (χ0) is 13.2. The Morgan fingerprint density at radius 2 is 2.05 bits per heavy atom. The molecule has 0 aliphatic carbocycles. The first-order valence-corrected chi connectivity index (χ1v) is 6.26. The topological polar surface area (TPSA) is 77.4 Å². The maximum absolute atomic E-state index is 5.88. The molecule has 6 nitrogen and oxygen atoms in total. The van der Waals surface area contributed by atoms with Crippen LogP contribution in [-0.2, 0) is 4.74 Å². The number of hydrogen-bond donors (Lipinski definition) is 1. The highest BCUT2D eigenvalue weighted by molar-refractivity contribution is 5.65. The quantitative estimate of drug-likeness (QED) is 0.881. The summed E-state index contributed by atoms with van der Waals surface area (Å²) in [7, 11) is 0. The molecule has 3 rings (SSSR count). The van der Waals surface area contributed by atoms with E-state index in [0.29, 0.717) is 25.0 Å². The van der Waals surface area contributed by atoms with E-state index in [1.807, 2.05) is 13.0 Å². The molecule has 0 aromatic carbocycles. The lowest BCUT2D eigenvalue weighted by Gasteiger charge is -2.27. The first kappa shape index (κ1) is 12.0. The van der Waals surface area contributed by atoms with E-state index in [1.165, 1.54) is 0 Å². The van der Waals surface area contributed by atoms with E-state index in [1.54, 1.807) is 12.3 Å². The Bertz CT molecular complexity index is 576. The van der Waals surface area contributed by atoms with Gasteiger partial charge in [0.05, 0.1) is 25.2 Å². The van der Waals surface area contributed by atoms with Gasteiger partial charge in [-0.05, 0) is 13.0 Å². The van der Waals surface area contributed by atoms with Gasteiger partial charge in [-0.1, -0.05) is 0 Å². The monoisotopic (exact) mass is 260 g/mol. The van der Waals surface area contributed by atoms with Crippen molar-refractivity contribution in [2.75, 3.05) is 36.9 Å². The largest absolute Gasteiger partial charge is 0.469 e. The van der Waals surface area contributed by atoms with Gasteiger partial charge in [-0.15, -0.1) is 0 Å². The predicted molar refractivity (Wildman–Crippen MR) is 71.9 cm³/mol. The van der Waals surface area contributed by atoms with Crippen molar-refractivity contribution in [2.45, 2.75) is 6.92 Å². The van der Waals surface area contributed by atoms with Gasteiger partial charge in [-0.25, -0.2) is 4.98 Å². The number of anilines is 2. The van der Waals surface area contributed by atoms with Crippen LogP contribution < -0.4 is 10.6 Å². The van der Waals surface area contributed by atoms with Crippen molar-refractivity contribution in [3.05, 3.63) is 24.2 Å². The molecule has 0 unspecified atom stereocenters. The van der Waals surface area contributed by atoms with Crippen molar-refractivity contribution < 1.29 is 9.15 Å². The molecular weight excluding hydrogens is 244 g/mol. The summed E-state index contributed by atoms with van der Waals surface area (Å²) in [4.78, 5) is 11.0. The Morgan fingerprint density at radius 1 is 1.26 bits per heavy atom. The van der Waals surface area contributed by atoms with Gasteiger partial charge >= 0.3 is 0 Å². The molecule has 0 radical (unpaired) electrons. The molecule has 0 bridgehead atoms. The Morgan fingerprint density at radius 3 is 2.74 bits per heavy atom. The number of furan rings is 1. The third-order valence-corrected chi connectivity index (χ3v) is 3.16. The van der Waals surface area contributed by atoms with Crippen molar-refractivity contribution in [3.8, 4) is 11.3 Å². The van der Waals surface area contributed by atoms with Crippen molar-refractivity contribution in [1.82, 2.24) is 9.97 Å². The third-order valence-electron chi connectivity index (χ3n) is 3.16. The maximum atomic E-state index is 5.88. The minimum atomic E-state index is 0.465. The maximum Gasteiger partial charge on any atom is 0.228 e. The lowest BCUT2D eigenvalue weighted by Crippen LogP contribution is -2.37. The van der Waals surface area contributed by atoms with Gasteiger partial charge in [0.2, 0.25) is 5.95 Å². The number of nitrogens with two attached hydrogens (primary N) is 1. The van der Waals surface area contributed by atoms with Crippen molar-refractivity contribution in [3.63, 3.8) is 0 Å². The van der Waals surface area contributed by atoms with E-state index < -0.39 is 0 Å². The van der Waals surface area contributed by atoms with Crippen LogP contribution in [0.4, 0.5) is 11.8 Å². The van der Waals surface area contributed by atoms with Crippen LogP contribution in [0.5, 0.6) is 0 Å². The van der Waals surface area contributed by atoms with Gasteiger partial charge in [0.15, 0.2) is 0 Å². The number of aryl methyl sites for hydroxylation is 1. The summed E-state index contributed by atoms with van der Waals surface area (Å²) in [5.74, 6) is 1.94. The van der Waals surface area contributed by atoms with E-state index in [4.69, 9.17) is 14.9 Å². The first-order chi connectivity index (χ1) is 9.24. The summed E-state index contributed by atoms with van der Waals surface area (Å²) in [6, 6.07) is 3.65. The molecule has 0 atom stereocenters. The summed E-state index contributed by atoms with van der Waals surface area (Å²) >= 11 is 0. The molecule has 1 saturated heterocycles. The number of ether oxygens (including phenoxy) is 1. The molecule has 2 N–H and O–H groups in total. The van der Waals surface area contributed by atoms with E-state index in [2.05, 4.69) is 14.9 Å². The Hall–Kier alpha value is -2.08. The number of morpholine rings is 1. The van der Waals surface area contributed by atoms with Crippen molar-refractivity contribution in [2.24, 2.45) is 0 Å². The second-order valence-electron chi connectivity index (χ2n) is 4.47. The molecule has 0 saturated carbocycles. The fourth-order valence-corrected chi connectivity index (χ4v) is 2.15. The molecule has 100 valence electrons. The molecular formula is C13H16N4O2. The van der Waals surface area contributed by atoms with E-state index in [-0.39, 0.29) is 0 Å². The van der Waals surface area contributed by atoms with Crippen LogP contribution in [-0.4, -0.2) is 36.3 Å². The average Bonchev–Trinajstić information content (AvgIpc) is 2.85. The van der Waals surface area contributed by atoms with Gasteiger partial charge in [-0.3, -0.25) is 0 Å². The summed E-state index contributed by atoms with van der Waals surface area (Å²) in [6.45, 7) is 4.86. The van der Waals surface area contributed by atoms with Crippen molar-refractivity contribution in [1.29, 1.82) is 0 Å². The van der Waals surface area contributed by atoms with Crippen LogP contribution in [0, 0.1) is 6.92 Å². The number of rotatable bonds is 2. The van der Waals surface area contributed by atoms with Gasteiger partial charge in [0.25, 0.3) is 0 Å². The van der Waals surface area contributed by atoms with Gasteiger partial charge in [0, 0.05) is 24.7 Å². The molecule has 1 fully saturated rings. The normalized spacial score (nSPS) is 15.7. The summed E-state index contributed by atoms with van der Waals surface area (Å²) < 4.78 is 10.6. The van der Waals surface area contributed by atoms with Crippen LogP contribution in [0.1, 0.15) is 5.76 Å². The zero-order valence-corrected chi connectivity index (χ0v) is 10.8. The van der Waals surface area contributed by atoms with Gasteiger partial charge in [0.1, 0.15) is 11.6 Å². The number of aromatic nitrogens is 2. The lowest BCUT2D eigenvalue weighted by molar-refractivity contribution is 0.122. The predicted octanol–water partition coefficient (Wildman–Crippen LogP) is 1.46. The Labute approximate surface area is 111 Å². The molecule has 0 spiro atoms. The van der Waals surface area contributed by atoms with Crippen LogP contribution in [0.25, 0.3) is 11.3 Å². The smallest absolute Gasteiger partial charge is 0.228 e. The molecule has 2 aromatic heterocycles. The summed E-state index contributed by atoms with van der Waals surface area (Å²) in [5, 5.41) is 0. The molecule has 6 heteroatoms. The minimum absolute atomic E-state index is 0.465. The minimum Gasteiger partial charge on any atom is -0.469 e. The van der Waals surface area contributed by atoms with Crippen LogP contribution in [0.3, 0.4) is 0 Å². The highest BCUT2D eigenvalue weighted by Gasteiger charge is 2.16. The second-order valence-corrected chi connectivity index (χ2v) is 4.47. The zero-order valence-electron chi connectivity index (χ0n) is 10.8. The van der Waals surface area contributed by atoms with Gasteiger partial charge in [-0.2, -0.15) is 4.98 Å². The second kappa shape index (κ2) is 4.89. The first-order valence-electron chi connectivity index (χ1n) is 6.26. The van der Waals surface area contributed by atoms with E-state index >= 15 is 0 Å². The fourth-order valence-electron chi connectivity index (χ4n) is 2.15. The lowest BCUT2D eigenvalue weighted by atomic mass is 10.2. The van der Waals surface area contributed by atoms with Crippen LogP contribution in [0.2, 0.25) is 0 Å². The summed E-state index contributed by atoms with van der Waals surface area (Å²) in [6.07, 6.45) is 1.65. The van der Waals surface area contributed by atoms with E-state index in [9.17, 15) is 0 Å². The van der Waals surface area contributed by atoms with Crippen LogP contribution in [0.15, 0.2) is 22.8 Å². The standard InChI is InChI=1S/C13H16N4O2/c1-9-10(2-5-19-9)11-8-12(14)16-13(15-11)17-3-6-18-7-4-17/h2,5,8H,3-4,6-7H2,1H3,(H2,14,15,16). The molecule has 2 aromatic rings. The number of nitrogen functional groups attached to an aromatic ring is 1. The fraction of sp³-hybridized carbons (Fsp3) is 0.385. The molecule has 1 aliphatic heterocycles. The number of nitrogens with zero attached hydrogens (tertiary/aromatic N) is 3. The molecule has 0 amide bonds. The van der Waals surface area contributed by atoms with E-state index in [0.717, 1.165) is 30.1 Å². The Kier molecular flexibility index (Phi) is 3.08. The SMILES string of the molecule is Cc1occc1-c1cc(N)nc(N2CCOCC2)n1. The molecule has 19 heavy (non-hydrogen) atoms. The molecule has 3 heterocycles. The third kappa shape index (κ3) is 2.39. The van der Waals surface area contributed by atoms with Crippen LogP contribution >= 0.6 is 0 Å². The van der Waals surface area contributed by atoms with Crippen molar-refractivity contribution >= 4 is 11.8 Å². The Balaban J connectivity index is 1.98. The highest BCUT2D eigenvalue weighted by atomic mass is 16.5. The average molecular weight is 260 g/mol. The van der Waals surface area contributed by atoms with Gasteiger partial charge < -0.3 is 19.8 Å². The number of hydrogen-bond acceptors (Lipinski definition) is 6. The summed E-state index contributed by atoms with van der Waals surface area (Å²) in [5.41, 5.74) is 7.62. The highest BCUT2D eigenvalue weighted by Crippen LogP contribution is 2.25.